The third-order valence-electron chi connectivity index (χ3n) is 4.89. The Labute approximate surface area is 184 Å². The molecule has 0 fully saturated rings. The van der Waals surface area contributed by atoms with Crippen molar-refractivity contribution >= 4 is 44.0 Å². The summed E-state index contributed by atoms with van der Waals surface area (Å²) >= 11 is 1.22. The minimum absolute atomic E-state index is 0.193. The Hall–Kier alpha value is -2.66. The number of anilines is 1. The second-order valence-corrected chi connectivity index (χ2v) is 10.7. The van der Waals surface area contributed by atoms with E-state index in [4.69, 9.17) is 0 Å². The molecule has 0 saturated carbocycles. The molecule has 3 amide bonds. The zero-order valence-corrected chi connectivity index (χ0v) is 19.0. The van der Waals surface area contributed by atoms with E-state index in [1.807, 2.05) is 0 Å². The number of aromatic nitrogens is 2. The molecule has 11 heteroatoms. The number of sulfone groups is 1. The van der Waals surface area contributed by atoms with Crippen LogP contribution >= 0.6 is 11.3 Å². The number of hydrogen-bond acceptors (Lipinski definition) is 8. The lowest BCUT2D eigenvalue weighted by atomic mass is 10.1. The lowest BCUT2D eigenvalue weighted by molar-refractivity contribution is -0.120. The molecule has 1 atom stereocenters. The second kappa shape index (κ2) is 9.65. The number of nitrogens with one attached hydrogen (secondary N) is 1. The number of amides is 3. The average Bonchev–Trinajstić information content (AvgIpc) is 3.25. The van der Waals surface area contributed by atoms with Crippen LogP contribution < -0.4 is 5.32 Å². The van der Waals surface area contributed by atoms with Crippen molar-refractivity contribution in [1.82, 2.24) is 15.1 Å². The number of benzene rings is 1. The Bertz CT molecular complexity index is 1060. The Morgan fingerprint density at radius 1 is 1.13 bits per heavy atom. The van der Waals surface area contributed by atoms with Crippen molar-refractivity contribution in [2.24, 2.45) is 0 Å². The number of aryl methyl sites for hydroxylation is 1. The van der Waals surface area contributed by atoms with Crippen LogP contribution in [0.4, 0.5) is 5.13 Å². The topological polar surface area (TPSA) is 126 Å². The molecule has 0 spiro atoms. The summed E-state index contributed by atoms with van der Waals surface area (Å²) in [6.45, 7) is 2.10. The number of hydrogen-bond donors (Lipinski definition) is 1. The van der Waals surface area contributed by atoms with Crippen molar-refractivity contribution in [3.63, 3.8) is 0 Å². The molecule has 0 saturated heterocycles. The summed E-state index contributed by atoms with van der Waals surface area (Å²) < 4.78 is 23.4. The molecule has 1 unspecified atom stereocenters. The Kier molecular flexibility index (Phi) is 7.16. The fourth-order valence-corrected chi connectivity index (χ4v) is 4.75. The van der Waals surface area contributed by atoms with Crippen molar-refractivity contribution in [1.29, 1.82) is 0 Å². The van der Waals surface area contributed by atoms with Gasteiger partial charge in [0, 0.05) is 12.7 Å². The highest BCUT2D eigenvalue weighted by atomic mass is 32.2. The Balaban J connectivity index is 1.80. The summed E-state index contributed by atoms with van der Waals surface area (Å²) in [6, 6.07) is 4.98. The molecule has 1 aliphatic rings. The summed E-state index contributed by atoms with van der Waals surface area (Å²) in [5, 5.41) is 11.6. The number of unbranched alkanes of at least 4 members (excludes halogenated alkanes) is 2. The summed E-state index contributed by atoms with van der Waals surface area (Å²) in [7, 11) is -3.42. The van der Waals surface area contributed by atoms with Gasteiger partial charge in [0.25, 0.3) is 11.8 Å². The number of fused-ring (bicyclic) bond motifs is 1. The fourth-order valence-electron chi connectivity index (χ4n) is 3.31. The maximum absolute atomic E-state index is 13.0. The molecule has 1 aromatic heterocycles. The van der Waals surface area contributed by atoms with E-state index >= 15 is 0 Å². The highest BCUT2D eigenvalue weighted by molar-refractivity contribution is 7.90. The largest absolute Gasteiger partial charge is 0.299 e. The molecule has 1 N–H and O–H groups in total. The smallest absolute Gasteiger partial charge is 0.262 e. The number of imide groups is 1. The predicted octanol–water partition coefficient (Wildman–Crippen LogP) is 2.31. The van der Waals surface area contributed by atoms with Gasteiger partial charge in [0.15, 0.2) is 0 Å². The van der Waals surface area contributed by atoms with Crippen molar-refractivity contribution in [3.05, 3.63) is 40.4 Å². The molecule has 3 rings (SSSR count). The van der Waals surface area contributed by atoms with Gasteiger partial charge in [-0.2, -0.15) is 0 Å². The van der Waals surface area contributed by atoms with E-state index in [0.29, 0.717) is 0 Å². The van der Waals surface area contributed by atoms with Crippen LogP contribution in [0.15, 0.2) is 24.3 Å². The molecule has 31 heavy (non-hydrogen) atoms. The molecular formula is C20H24N4O5S2. The van der Waals surface area contributed by atoms with Crippen LogP contribution in [0.25, 0.3) is 0 Å². The molecule has 9 nitrogen and oxygen atoms in total. The average molecular weight is 465 g/mol. The molecule has 0 aliphatic carbocycles. The summed E-state index contributed by atoms with van der Waals surface area (Å²) in [6.07, 6.45) is 4.68. The Morgan fingerprint density at radius 2 is 1.77 bits per heavy atom. The van der Waals surface area contributed by atoms with Gasteiger partial charge in [-0.15, -0.1) is 10.2 Å². The van der Waals surface area contributed by atoms with Crippen LogP contribution in [0.5, 0.6) is 0 Å². The lowest BCUT2D eigenvalue weighted by Crippen LogP contribution is -2.48. The molecular weight excluding hydrogens is 440 g/mol. The minimum atomic E-state index is -3.42. The first-order chi connectivity index (χ1) is 14.7. The summed E-state index contributed by atoms with van der Waals surface area (Å²) in [5.74, 6) is -2.26. The first-order valence-corrected chi connectivity index (χ1v) is 12.9. The van der Waals surface area contributed by atoms with E-state index in [1.165, 1.54) is 23.5 Å². The molecule has 1 aromatic carbocycles. The van der Waals surface area contributed by atoms with Crippen LogP contribution in [0.2, 0.25) is 0 Å². The number of rotatable bonds is 10. The van der Waals surface area contributed by atoms with Gasteiger partial charge in [-0.1, -0.05) is 43.2 Å². The summed E-state index contributed by atoms with van der Waals surface area (Å²) in [5.41, 5.74) is 0.387. The van der Waals surface area contributed by atoms with E-state index in [9.17, 15) is 22.8 Å². The van der Waals surface area contributed by atoms with Crippen LogP contribution in [0, 0.1) is 0 Å². The minimum Gasteiger partial charge on any atom is -0.299 e. The van der Waals surface area contributed by atoms with Crippen molar-refractivity contribution in [2.75, 3.05) is 17.3 Å². The van der Waals surface area contributed by atoms with Crippen LogP contribution in [0.3, 0.4) is 0 Å². The molecule has 0 bridgehead atoms. The standard InChI is InChI=1S/C20H24N4O5S2/c1-3-4-5-10-16-22-23-20(30-16)21-17(25)15(11-12-31(2,28)29)24-18(26)13-8-6-7-9-14(13)19(24)27/h6-9,15H,3-5,10-12H2,1-2H3,(H,21,23,25). The van der Waals surface area contributed by atoms with Crippen LogP contribution in [-0.4, -0.2) is 59.3 Å². The lowest BCUT2D eigenvalue weighted by Gasteiger charge is -2.24. The number of carbonyl (C=O) groups is 3. The van der Waals surface area contributed by atoms with Gasteiger partial charge in [0.05, 0.1) is 16.9 Å². The fraction of sp³-hybridized carbons (Fsp3) is 0.450. The molecule has 166 valence electrons. The molecule has 2 heterocycles. The van der Waals surface area contributed by atoms with E-state index < -0.39 is 33.6 Å². The zero-order chi connectivity index (χ0) is 22.6. The van der Waals surface area contributed by atoms with Gasteiger partial charge in [-0.3, -0.25) is 24.6 Å². The van der Waals surface area contributed by atoms with Gasteiger partial charge in [-0.05, 0) is 25.0 Å². The van der Waals surface area contributed by atoms with Gasteiger partial charge < -0.3 is 0 Å². The maximum atomic E-state index is 13.0. The maximum Gasteiger partial charge on any atom is 0.262 e. The van der Waals surface area contributed by atoms with E-state index in [0.717, 1.165) is 41.8 Å². The van der Waals surface area contributed by atoms with Gasteiger partial charge >= 0.3 is 0 Å². The van der Waals surface area contributed by atoms with E-state index in [1.54, 1.807) is 12.1 Å². The zero-order valence-electron chi connectivity index (χ0n) is 17.3. The number of carbonyl (C=O) groups excluding carboxylic acids is 3. The quantitative estimate of drug-likeness (QED) is 0.422. The van der Waals surface area contributed by atoms with E-state index in [-0.39, 0.29) is 28.4 Å². The molecule has 0 radical (unpaired) electrons. The van der Waals surface area contributed by atoms with Crippen molar-refractivity contribution in [2.45, 2.75) is 45.1 Å². The predicted molar refractivity (Wildman–Crippen MR) is 117 cm³/mol. The molecule has 1 aliphatic heterocycles. The normalized spacial score (nSPS) is 14.6. The SMILES string of the molecule is CCCCCc1nnc(NC(=O)C(CCS(C)(=O)=O)N2C(=O)c3ccccc3C2=O)s1. The molecule has 2 aromatic rings. The summed E-state index contributed by atoms with van der Waals surface area (Å²) in [4.78, 5) is 39.5. The van der Waals surface area contributed by atoms with Gasteiger partial charge in [-0.25, -0.2) is 8.42 Å². The van der Waals surface area contributed by atoms with Crippen molar-refractivity contribution in [3.8, 4) is 0 Å². The first-order valence-electron chi connectivity index (χ1n) is 9.99. The van der Waals surface area contributed by atoms with Crippen LogP contribution in [0.1, 0.15) is 58.3 Å². The van der Waals surface area contributed by atoms with Crippen LogP contribution in [-0.2, 0) is 21.1 Å². The number of nitrogens with zero attached hydrogens (tertiary/aromatic N) is 3. The highest BCUT2D eigenvalue weighted by Gasteiger charge is 2.43. The Morgan fingerprint density at radius 3 is 2.35 bits per heavy atom. The van der Waals surface area contributed by atoms with Gasteiger partial charge in [0.1, 0.15) is 20.9 Å². The second-order valence-electron chi connectivity index (χ2n) is 7.41. The monoisotopic (exact) mass is 464 g/mol. The van der Waals surface area contributed by atoms with Crippen molar-refractivity contribution < 1.29 is 22.8 Å². The third kappa shape index (κ3) is 5.53. The van der Waals surface area contributed by atoms with E-state index in [2.05, 4.69) is 22.4 Å². The first kappa shape index (κ1) is 23.0. The highest BCUT2D eigenvalue weighted by Crippen LogP contribution is 2.27. The third-order valence-corrected chi connectivity index (χ3v) is 6.77. The van der Waals surface area contributed by atoms with Gasteiger partial charge in [0.2, 0.25) is 11.0 Å².